The molecular formula is C19H17NO6. The number of carbonyl (C=O) groups is 3. The van der Waals surface area contributed by atoms with Crippen molar-refractivity contribution in [1.82, 2.24) is 5.06 Å². The third kappa shape index (κ3) is 3.43. The average Bonchev–Trinajstić information content (AvgIpc) is 2.91. The zero-order chi connectivity index (χ0) is 18.7. The lowest BCUT2D eigenvalue weighted by atomic mass is 10.1. The van der Waals surface area contributed by atoms with Crippen molar-refractivity contribution >= 4 is 17.8 Å². The predicted octanol–water partition coefficient (Wildman–Crippen LogP) is 2.35. The van der Waals surface area contributed by atoms with Gasteiger partial charge in [0.15, 0.2) is 6.10 Å². The highest BCUT2D eigenvalue weighted by atomic mass is 16.7. The van der Waals surface area contributed by atoms with Gasteiger partial charge in [-0.3, -0.25) is 9.59 Å². The second-order valence-corrected chi connectivity index (χ2v) is 5.67. The second-order valence-electron chi connectivity index (χ2n) is 5.67. The molecule has 0 saturated heterocycles. The Morgan fingerprint density at radius 2 is 1.69 bits per heavy atom. The lowest BCUT2D eigenvalue weighted by Gasteiger charge is -2.17. The van der Waals surface area contributed by atoms with Gasteiger partial charge in [-0.1, -0.05) is 29.3 Å². The summed E-state index contributed by atoms with van der Waals surface area (Å²) in [6, 6.07) is 13.5. The molecule has 0 saturated carbocycles. The fourth-order valence-corrected chi connectivity index (χ4v) is 2.47. The smallest absolute Gasteiger partial charge is 0.361 e. The van der Waals surface area contributed by atoms with Crippen molar-refractivity contribution in [2.24, 2.45) is 0 Å². The molecule has 1 aliphatic rings. The molecule has 1 aliphatic heterocycles. The highest BCUT2D eigenvalue weighted by Gasteiger charge is 2.39. The summed E-state index contributed by atoms with van der Waals surface area (Å²) in [5, 5.41) is 0.471. The zero-order valence-corrected chi connectivity index (χ0v) is 14.3. The van der Waals surface area contributed by atoms with Gasteiger partial charge in [0.25, 0.3) is 11.8 Å². The molecule has 7 heteroatoms. The first kappa shape index (κ1) is 17.6. The number of carbonyl (C=O) groups excluding carboxylic acids is 3. The number of amides is 2. The summed E-state index contributed by atoms with van der Waals surface area (Å²) in [4.78, 5) is 41.5. The monoisotopic (exact) mass is 355 g/mol. The molecule has 0 spiro atoms. The fourth-order valence-electron chi connectivity index (χ4n) is 2.47. The molecule has 2 aromatic carbocycles. The standard InChI is InChI=1S/C19H17NO6/c1-12(25-11-13-6-5-7-14(10-13)24-2)19(23)26-20-17(21)15-8-3-4-9-16(15)18(20)22/h3-10,12H,11H2,1-2H3. The van der Waals surface area contributed by atoms with Crippen molar-refractivity contribution in [2.75, 3.05) is 7.11 Å². The number of hydrogen-bond donors (Lipinski definition) is 0. The summed E-state index contributed by atoms with van der Waals surface area (Å²) in [5.74, 6) is -1.49. The van der Waals surface area contributed by atoms with E-state index >= 15 is 0 Å². The Balaban J connectivity index is 1.60. The molecule has 0 radical (unpaired) electrons. The van der Waals surface area contributed by atoms with Gasteiger partial charge in [-0.05, 0) is 36.8 Å². The van der Waals surface area contributed by atoms with Gasteiger partial charge in [0.2, 0.25) is 0 Å². The Hall–Kier alpha value is -3.19. The van der Waals surface area contributed by atoms with Crippen LogP contribution < -0.4 is 4.74 Å². The van der Waals surface area contributed by atoms with E-state index in [1.807, 2.05) is 6.07 Å². The molecule has 0 bridgehead atoms. The first-order valence-electron chi connectivity index (χ1n) is 7.95. The molecular weight excluding hydrogens is 338 g/mol. The molecule has 134 valence electrons. The van der Waals surface area contributed by atoms with Gasteiger partial charge in [-0.25, -0.2) is 4.79 Å². The second kappa shape index (κ2) is 7.37. The molecule has 0 aromatic heterocycles. The van der Waals surface area contributed by atoms with Gasteiger partial charge in [0.05, 0.1) is 24.8 Å². The van der Waals surface area contributed by atoms with E-state index in [-0.39, 0.29) is 17.7 Å². The summed E-state index contributed by atoms with van der Waals surface area (Å²) in [5.41, 5.74) is 1.22. The maximum atomic E-state index is 12.2. The number of hydrogen-bond acceptors (Lipinski definition) is 6. The van der Waals surface area contributed by atoms with Crippen molar-refractivity contribution in [1.29, 1.82) is 0 Å². The minimum atomic E-state index is -0.967. The molecule has 0 fully saturated rings. The molecule has 3 rings (SSSR count). The van der Waals surface area contributed by atoms with Crippen LogP contribution in [0.25, 0.3) is 0 Å². The Labute approximate surface area is 150 Å². The van der Waals surface area contributed by atoms with Crippen LogP contribution in [0.3, 0.4) is 0 Å². The number of benzene rings is 2. The highest BCUT2D eigenvalue weighted by molar-refractivity contribution is 6.20. The quantitative estimate of drug-likeness (QED) is 0.740. The molecule has 0 aliphatic carbocycles. The molecule has 1 heterocycles. The molecule has 2 amide bonds. The highest BCUT2D eigenvalue weighted by Crippen LogP contribution is 2.23. The lowest BCUT2D eigenvalue weighted by Crippen LogP contribution is -2.36. The Kier molecular flexibility index (Phi) is 4.99. The van der Waals surface area contributed by atoms with Gasteiger partial charge in [-0.2, -0.15) is 0 Å². The number of hydroxylamine groups is 2. The largest absolute Gasteiger partial charge is 0.497 e. The summed E-state index contributed by atoms with van der Waals surface area (Å²) in [7, 11) is 1.56. The van der Waals surface area contributed by atoms with Crippen molar-refractivity contribution in [3.63, 3.8) is 0 Å². The van der Waals surface area contributed by atoms with Crippen LogP contribution in [0.5, 0.6) is 5.75 Å². The topological polar surface area (TPSA) is 82.1 Å². The summed E-state index contributed by atoms with van der Waals surface area (Å²) in [6.07, 6.45) is -0.967. The normalized spacial score (nSPS) is 14.2. The summed E-state index contributed by atoms with van der Waals surface area (Å²) in [6.45, 7) is 1.64. The first-order chi connectivity index (χ1) is 12.5. The van der Waals surface area contributed by atoms with Crippen LogP contribution in [0, 0.1) is 0 Å². The van der Waals surface area contributed by atoms with Crippen LogP contribution >= 0.6 is 0 Å². The number of rotatable bonds is 6. The fraction of sp³-hybridized carbons (Fsp3) is 0.211. The van der Waals surface area contributed by atoms with Crippen LogP contribution in [0.1, 0.15) is 33.2 Å². The van der Waals surface area contributed by atoms with Gasteiger partial charge in [-0.15, -0.1) is 0 Å². The number of nitrogens with zero attached hydrogens (tertiary/aromatic N) is 1. The maximum Gasteiger partial charge on any atom is 0.361 e. The lowest BCUT2D eigenvalue weighted by molar-refractivity contribution is -0.181. The third-order valence-electron chi connectivity index (χ3n) is 3.90. The van der Waals surface area contributed by atoms with Crippen molar-refractivity contribution in [3.8, 4) is 5.75 Å². The summed E-state index contributed by atoms with van der Waals surface area (Å²) < 4.78 is 10.6. The number of methoxy groups -OCH3 is 1. The van der Waals surface area contributed by atoms with E-state index in [0.717, 1.165) is 5.56 Å². The van der Waals surface area contributed by atoms with Crippen molar-refractivity contribution in [3.05, 3.63) is 65.2 Å². The van der Waals surface area contributed by atoms with E-state index in [2.05, 4.69) is 0 Å². The van der Waals surface area contributed by atoms with Crippen molar-refractivity contribution < 1.29 is 28.7 Å². The van der Waals surface area contributed by atoms with Gasteiger partial charge >= 0.3 is 5.97 Å². The minimum absolute atomic E-state index is 0.148. The van der Waals surface area contributed by atoms with E-state index in [1.54, 1.807) is 37.4 Å². The Bertz CT molecular complexity index is 828. The van der Waals surface area contributed by atoms with Gasteiger partial charge in [0, 0.05) is 0 Å². The van der Waals surface area contributed by atoms with Crippen LogP contribution in [0.4, 0.5) is 0 Å². The average molecular weight is 355 g/mol. The van der Waals surface area contributed by atoms with E-state index in [1.165, 1.54) is 19.1 Å². The summed E-state index contributed by atoms with van der Waals surface area (Å²) >= 11 is 0. The predicted molar refractivity (Wildman–Crippen MR) is 90.3 cm³/mol. The molecule has 26 heavy (non-hydrogen) atoms. The van der Waals surface area contributed by atoms with E-state index in [4.69, 9.17) is 14.3 Å². The number of imide groups is 1. The van der Waals surface area contributed by atoms with E-state index < -0.39 is 23.9 Å². The maximum absolute atomic E-state index is 12.2. The van der Waals surface area contributed by atoms with Gasteiger partial charge in [0.1, 0.15) is 5.75 Å². The Morgan fingerprint density at radius 1 is 1.04 bits per heavy atom. The van der Waals surface area contributed by atoms with E-state index in [9.17, 15) is 14.4 Å². The third-order valence-corrected chi connectivity index (χ3v) is 3.90. The zero-order valence-electron chi connectivity index (χ0n) is 14.3. The molecule has 7 nitrogen and oxygen atoms in total. The first-order valence-corrected chi connectivity index (χ1v) is 7.95. The van der Waals surface area contributed by atoms with Crippen LogP contribution in [0.15, 0.2) is 48.5 Å². The molecule has 0 N–H and O–H groups in total. The Morgan fingerprint density at radius 3 is 2.31 bits per heavy atom. The van der Waals surface area contributed by atoms with Crippen LogP contribution in [-0.4, -0.2) is 36.1 Å². The minimum Gasteiger partial charge on any atom is -0.497 e. The van der Waals surface area contributed by atoms with E-state index in [0.29, 0.717) is 10.8 Å². The van der Waals surface area contributed by atoms with Crippen LogP contribution in [-0.2, 0) is 21.0 Å². The van der Waals surface area contributed by atoms with Crippen molar-refractivity contribution in [2.45, 2.75) is 19.6 Å². The molecule has 1 unspecified atom stereocenters. The number of fused-ring (bicyclic) bond motifs is 1. The molecule has 2 aromatic rings. The number of ether oxygens (including phenoxy) is 2. The van der Waals surface area contributed by atoms with Gasteiger partial charge < -0.3 is 14.3 Å². The molecule has 1 atom stereocenters. The van der Waals surface area contributed by atoms with Crippen LogP contribution in [0.2, 0.25) is 0 Å². The SMILES string of the molecule is COc1cccc(COC(C)C(=O)ON2C(=O)c3ccccc3C2=O)c1.